The number of hydrogen-bond acceptors (Lipinski definition) is 9. The number of allylic oxidation sites excluding steroid dienone is 1. The Balaban J connectivity index is 3.93. The maximum Gasteiger partial charge on any atom is 0.344 e. The smallest absolute Gasteiger partial charge is 0.344 e. The van der Waals surface area contributed by atoms with Gasteiger partial charge in [-0.15, -0.1) is 0 Å². The van der Waals surface area contributed by atoms with Gasteiger partial charge in [0.2, 0.25) is 5.60 Å². The number of nitrogens with one attached hydrogen (secondary N) is 1. The Hall–Kier alpha value is -1.93. The molecule has 0 aromatic heterocycles. The van der Waals surface area contributed by atoms with Gasteiger partial charge in [-0.2, -0.15) is 0 Å². The number of hydrogen-bond donors (Lipinski definition) is 1. The van der Waals surface area contributed by atoms with Crippen molar-refractivity contribution in [2.75, 3.05) is 26.4 Å². The monoisotopic (exact) mass is 512 g/mol. The Morgan fingerprint density at radius 1 is 0.972 bits per heavy atom. The third kappa shape index (κ3) is 8.04. The van der Waals surface area contributed by atoms with Crippen molar-refractivity contribution in [1.29, 1.82) is 0 Å². The summed E-state index contributed by atoms with van der Waals surface area (Å²) in [4.78, 5) is 24.8. The summed E-state index contributed by atoms with van der Waals surface area (Å²) in [6.07, 6.45) is 8.19. The minimum atomic E-state index is -1.72. The number of esters is 1. The average molecular weight is 513 g/mol. The Morgan fingerprint density at radius 3 is 2.14 bits per heavy atom. The highest BCUT2D eigenvalue weighted by Gasteiger charge is 2.68. The van der Waals surface area contributed by atoms with E-state index in [4.69, 9.17) is 23.7 Å². The van der Waals surface area contributed by atoms with Crippen LogP contribution in [0.2, 0.25) is 0 Å². The number of rotatable bonds is 20. The van der Waals surface area contributed by atoms with Gasteiger partial charge in [0.05, 0.1) is 31.6 Å². The summed E-state index contributed by atoms with van der Waals surface area (Å²) in [5, 5.41) is 3.60. The van der Waals surface area contributed by atoms with Crippen molar-refractivity contribution in [3.8, 4) is 0 Å². The zero-order chi connectivity index (χ0) is 26.9. The Bertz CT molecular complexity index is 719. The molecule has 0 saturated carbocycles. The molecule has 0 aromatic rings. The van der Waals surface area contributed by atoms with Crippen molar-refractivity contribution in [2.24, 2.45) is 5.10 Å². The highest BCUT2D eigenvalue weighted by molar-refractivity contribution is 5.82. The summed E-state index contributed by atoms with van der Waals surface area (Å²) in [7, 11) is 0. The lowest BCUT2D eigenvalue weighted by atomic mass is 9.79. The summed E-state index contributed by atoms with van der Waals surface area (Å²) >= 11 is 0. The highest BCUT2D eigenvalue weighted by atomic mass is 16.7. The number of isocyanates is 1. The number of carbonyl (C=O) groups is 1. The third-order valence-electron chi connectivity index (χ3n) is 6.31. The van der Waals surface area contributed by atoms with Crippen molar-refractivity contribution >= 4 is 12.0 Å². The molecule has 1 N–H and O–H groups in total. The van der Waals surface area contributed by atoms with E-state index >= 15 is 0 Å². The summed E-state index contributed by atoms with van der Waals surface area (Å²) in [6.45, 7) is 13.2. The fraction of sp³-hybridized carbons (Fsp3) is 0.852. The largest absolute Gasteiger partial charge is 0.490 e. The second kappa shape index (κ2) is 17.5. The van der Waals surface area contributed by atoms with Crippen LogP contribution in [-0.4, -0.2) is 56.0 Å². The Kier molecular flexibility index (Phi) is 15.6. The zero-order valence-corrected chi connectivity index (χ0v) is 23.3. The molecular formula is C27H48N2O7. The van der Waals surface area contributed by atoms with E-state index in [1.165, 1.54) is 6.08 Å². The number of unbranched alkanes of at least 4 members (excludes halogenated alkanes) is 3. The fourth-order valence-corrected chi connectivity index (χ4v) is 4.17. The van der Waals surface area contributed by atoms with Gasteiger partial charge >= 0.3 is 5.97 Å². The molecule has 2 unspecified atom stereocenters. The van der Waals surface area contributed by atoms with Gasteiger partial charge in [-0.3, -0.25) is 5.43 Å². The molecule has 9 nitrogen and oxygen atoms in total. The van der Waals surface area contributed by atoms with Crippen LogP contribution in [-0.2, 0) is 33.3 Å². The van der Waals surface area contributed by atoms with E-state index in [1.807, 2.05) is 13.8 Å². The van der Waals surface area contributed by atoms with Crippen LogP contribution in [0.15, 0.2) is 16.6 Å². The number of ether oxygens (including phenoxy) is 5. The van der Waals surface area contributed by atoms with Crippen LogP contribution in [0.1, 0.15) is 106 Å². The third-order valence-corrected chi connectivity index (χ3v) is 6.31. The molecule has 36 heavy (non-hydrogen) atoms. The SMILES string of the molecule is CCCCOC1=C(NN=C=O)CCC(OCCCC)(C(=O)OCC)C1(OCCCC)OC(CC)CC. The molecule has 0 radical (unpaired) electrons. The molecule has 0 bridgehead atoms. The zero-order valence-electron chi connectivity index (χ0n) is 23.3. The second-order valence-corrected chi connectivity index (χ2v) is 8.95. The molecule has 1 aliphatic rings. The van der Waals surface area contributed by atoms with E-state index in [0.29, 0.717) is 44.8 Å². The predicted octanol–water partition coefficient (Wildman–Crippen LogP) is 5.49. The molecule has 0 aromatic carbocycles. The van der Waals surface area contributed by atoms with E-state index in [0.717, 1.165) is 38.5 Å². The minimum absolute atomic E-state index is 0.185. The lowest BCUT2D eigenvalue weighted by Crippen LogP contribution is -2.68. The second-order valence-electron chi connectivity index (χ2n) is 8.95. The first-order valence-electron chi connectivity index (χ1n) is 13.8. The van der Waals surface area contributed by atoms with Gasteiger partial charge in [0.25, 0.3) is 11.9 Å². The highest BCUT2D eigenvalue weighted by Crippen LogP contribution is 2.49. The van der Waals surface area contributed by atoms with Gasteiger partial charge in [-0.1, -0.05) is 59.0 Å². The van der Waals surface area contributed by atoms with Gasteiger partial charge in [0, 0.05) is 6.61 Å². The summed E-state index contributed by atoms with van der Waals surface area (Å²) in [6, 6.07) is 0. The van der Waals surface area contributed by atoms with E-state index in [9.17, 15) is 9.59 Å². The van der Waals surface area contributed by atoms with Crippen molar-refractivity contribution in [3.05, 3.63) is 11.5 Å². The maximum atomic E-state index is 13.8. The molecule has 0 spiro atoms. The standard InChI is InChI=1S/C27H48N2O7/c1-7-13-18-33-24-23(29-28-21-30)16-17-26(25(31)32-12-6,34-19-14-8-2)27(24,35-20-15-9-3)36-22(10-4)11-5/h22,29H,7-20H2,1-6H3. The fourth-order valence-electron chi connectivity index (χ4n) is 4.17. The normalized spacial score (nSPS) is 21.9. The van der Waals surface area contributed by atoms with Gasteiger partial charge in [-0.05, 0) is 51.9 Å². The molecular weight excluding hydrogens is 464 g/mol. The minimum Gasteiger partial charge on any atom is -0.490 e. The van der Waals surface area contributed by atoms with Crippen LogP contribution in [0.5, 0.6) is 0 Å². The molecule has 9 heteroatoms. The van der Waals surface area contributed by atoms with E-state index in [2.05, 4.69) is 31.3 Å². The molecule has 0 fully saturated rings. The predicted molar refractivity (Wildman–Crippen MR) is 138 cm³/mol. The molecule has 1 aliphatic carbocycles. The number of hydrazone groups is 1. The summed E-state index contributed by atoms with van der Waals surface area (Å²) in [5.74, 6) is -1.97. The van der Waals surface area contributed by atoms with E-state index < -0.39 is 17.4 Å². The van der Waals surface area contributed by atoms with Crippen LogP contribution >= 0.6 is 0 Å². The molecule has 1 rings (SSSR count). The molecule has 0 amide bonds. The summed E-state index contributed by atoms with van der Waals surface area (Å²) < 4.78 is 31.8. The topological polar surface area (TPSA) is 105 Å². The van der Waals surface area contributed by atoms with Crippen molar-refractivity contribution in [3.63, 3.8) is 0 Å². The molecule has 0 heterocycles. The maximum absolute atomic E-state index is 13.8. The number of carbonyl (C=O) groups excluding carboxylic acids is 2. The van der Waals surface area contributed by atoms with Crippen LogP contribution in [0.25, 0.3) is 0 Å². The Labute approximate surface area is 217 Å². The molecule has 0 saturated heterocycles. The molecule has 0 aliphatic heterocycles. The van der Waals surface area contributed by atoms with Gasteiger partial charge in [-0.25, -0.2) is 9.59 Å². The van der Waals surface area contributed by atoms with Gasteiger partial charge < -0.3 is 23.7 Å². The van der Waals surface area contributed by atoms with Crippen molar-refractivity contribution in [2.45, 2.75) is 123 Å². The number of nitrogens with zero attached hydrogens (tertiary/aromatic N) is 1. The first-order valence-corrected chi connectivity index (χ1v) is 13.8. The van der Waals surface area contributed by atoms with Crippen molar-refractivity contribution in [1.82, 2.24) is 5.43 Å². The quantitative estimate of drug-likeness (QED) is 0.0570. The van der Waals surface area contributed by atoms with Crippen LogP contribution in [0.4, 0.5) is 0 Å². The summed E-state index contributed by atoms with van der Waals surface area (Å²) in [5.41, 5.74) is 1.69. The Morgan fingerprint density at radius 2 is 1.58 bits per heavy atom. The van der Waals surface area contributed by atoms with Crippen LogP contribution < -0.4 is 5.43 Å². The molecule has 2 atom stereocenters. The lowest BCUT2D eigenvalue weighted by Gasteiger charge is -2.51. The van der Waals surface area contributed by atoms with Crippen LogP contribution in [0, 0.1) is 0 Å². The van der Waals surface area contributed by atoms with E-state index in [-0.39, 0.29) is 24.9 Å². The molecule has 208 valence electrons. The first kappa shape index (κ1) is 32.1. The van der Waals surface area contributed by atoms with E-state index in [1.54, 1.807) is 6.92 Å². The van der Waals surface area contributed by atoms with Gasteiger partial charge in [0.1, 0.15) is 0 Å². The van der Waals surface area contributed by atoms with Crippen molar-refractivity contribution < 1.29 is 33.3 Å². The lowest BCUT2D eigenvalue weighted by molar-refractivity contribution is -0.340. The van der Waals surface area contributed by atoms with Crippen LogP contribution in [0.3, 0.4) is 0 Å². The first-order chi connectivity index (χ1) is 17.5. The van der Waals surface area contributed by atoms with Gasteiger partial charge in [0.15, 0.2) is 5.76 Å². The average Bonchev–Trinajstić information content (AvgIpc) is 2.88.